The van der Waals surface area contributed by atoms with E-state index >= 15 is 0 Å². The lowest BCUT2D eigenvalue weighted by Crippen LogP contribution is -2.51. The molecule has 10 heteroatoms. The topological polar surface area (TPSA) is 119 Å². The number of aliphatic carboxylic acids is 1. The number of hydrogen-bond donors (Lipinski definition) is 2. The molecule has 2 atom stereocenters. The lowest BCUT2D eigenvalue weighted by atomic mass is 10.2. The van der Waals surface area contributed by atoms with Gasteiger partial charge in [0.1, 0.15) is 5.75 Å². The third-order valence-corrected chi connectivity index (χ3v) is 5.55. The Labute approximate surface area is 200 Å². The molecule has 0 amide bonds. The highest BCUT2D eigenvalue weighted by atomic mass is 35.5. The van der Waals surface area contributed by atoms with Crippen molar-refractivity contribution in [3.8, 4) is 5.75 Å². The van der Waals surface area contributed by atoms with Gasteiger partial charge in [0.2, 0.25) is 5.62 Å². The number of aromatic nitrogens is 3. The van der Waals surface area contributed by atoms with E-state index in [0.29, 0.717) is 16.5 Å². The molecule has 1 aromatic heterocycles. The largest absolute Gasteiger partial charge is 0.491 e. The number of benzene rings is 2. The Morgan fingerprint density at radius 1 is 1.09 bits per heavy atom. The van der Waals surface area contributed by atoms with Crippen molar-refractivity contribution < 1.29 is 14.6 Å². The zero-order valence-electron chi connectivity index (χ0n) is 19.2. The number of hydrogen-bond acceptors (Lipinski definition) is 5. The molecule has 180 valence electrons. The summed E-state index contributed by atoms with van der Waals surface area (Å²) in [5.74, 6) is -1.35. The fourth-order valence-corrected chi connectivity index (χ4v) is 3.23. The minimum atomic E-state index is -1.11. The van der Waals surface area contributed by atoms with Crippen LogP contribution < -0.4 is 21.7 Å². The second kappa shape index (κ2) is 11.0. The van der Waals surface area contributed by atoms with Crippen LogP contribution in [0.25, 0.3) is 0 Å². The molecular formula is C24H27ClN4O5. The number of carboxylic acids is 1. The maximum atomic E-state index is 13.2. The summed E-state index contributed by atoms with van der Waals surface area (Å²) >= 11 is 5.97. The van der Waals surface area contributed by atoms with Crippen LogP contribution in [0.2, 0.25) is 5.02 Å². The van der Waals surface area contributed by atoms with Gasteiger partial charge in [0.25, 0.3) is 0 Å². The fraction of sp³-hybridized carbons (Fsp3) is 0.333. The molecule has 2 N–H and O–H groups in total. The van der Waals surface area contributed by atoms with Crippen LogP contribution in [0, 0.1) is 5.92 Å². The number of ether oxygens (including phenoxy) is 1. The third kappa shape index (κ3) is 6.26. The van der Waals surface area contributed by atoms with Gasteiger partial charge in [-0.1, -0.05) is 37.6 Å². The molecule has 0 fully saturated rings. The van der Waals surface area contributed by atoms with Gasteiger partial charge in [0.05, 0.1) is 24.3 Å². The molecule has 0 aliphatic carbocycles. The van der Waals surface area contributed by atoms with E-state index in [-0.39, 0.29) is 24.8 Å². The van der Waals surface area contributed by atoms with Crippen LogP contribution in [-0.4, -0.2) is 31.3 Å². The average molecular weight is 487 g/mol. The highest BCUT2D eigenvalue weighted by Crippen LogP contribution is 2.19. The van der Waals surface area contributed by atoms with Crippen molar-refractivity contribution in [1.82, 2.24) is 14.1 Å². The predicted molar refractivity (Wildman–Crippen MR) is 129 cm³/mol. The Morgan fingerprint density at radius 3 is 2.32 bits per heavy atom. The first kappa shape index (κ1) is 25.0. The van der Waals surface area contributed by atoms with Crippen LogP contribution in [0.5, 0.6) is 5.75 Å². The van der Waals surface area contributed by atoms with Crippen molar-refractivity contribution in [2.24, 2.45) is 10.9 Å². The summed E-state index contributed by atoms with van der Waals surface area (Å²) in [5.41, 5.74) is -0.0961. The molecule has 0 saturated carbocycles. The molecule has 0 radical (unpaired) electrons. The first-order valence-corrected chi connectivity index (χ1v) is 11.3. The summed E-state index contributed by atoms with van der Waals surface area (Å²) in [7, 11) is 0. The molecule has 1 heterocycles. The first-order valence-electron chi connectivity index (χ1n) is 10.9. The van der Waals surface area contributed by atoms with Crippen molar-refractivity contribution in [3.63, 3.8) is 0 Å². The molecule has 0 aliphatic heterocycles. The van der Waals surface area contributed by atoms with Gasteiger partial charge in [-0.05, 0) is 55.3 Å². The number of H-pyrrole nitrogens is 1. The maximum Gasteiger partial charge on any atom is 0.335 e. The Bertz CT molecular complexity index is 1320. The first-order chi connectivity index (χ1) is 16.2. The van der Waals surface area contributed by atoms with Crippen LogP contribution in [0.15, 0.2) is 63.1 Å². The number of nitrogens with zero attached hydrogens (tertiary/aromatic N) is 3. The van der Waals surface area contributed by atoms with Crippen molar-refractivity contribution in [3.05, 3.63) is 85.7 Å². The van der Waals surface area contributed by atoms with Gasteiger partial charge in [-0.15, -0.1) is 0 Å². The zero-order chi connectivity index (χ0) is 24.8. The van der Waals surface area contributed by atoms with Gasteiger partial charge in [-0.3, -0.25) is 14.3 Å². The lowest BCUT2D eigenvalue weighted by Gasteiger charge is -2.13. The zero-order valence-corrected chi connectivity index (χ0v) is 20.0. The number of nitrogens with one attached hydrogen (secondary N) is 1. The van der Waals surface area contributed by atoms with Gasteiger partial charge in [0.15, 0.2) is 0 Å². The molecule has 2 aromatic carbocycles. The van der Waals surface area contributed by atoms with Gasteiger partial charge >= 0.3 is 17.3 Å². The molecule has 0 unspecified atom stereocenters. The molecule has 3 aromatic rings. The molecule has 3 rings (SSSR count). The van der Waals surface area contributed by atoms with Crippen LogP contribution >= 0.6 is 11.6 Å². The van der Waals surface area contributed by atoms with E-state index in [0.717, 1.165) is 16.6 Å². The Morgan fingerprint density at radius 2 is 1.74 bits per heavy atom. The molecule has 0 bridgehead atoms. The predicted octanol–water partition coefficient (Wildman–Crippen LogP) is 3.17. The second-order valence-corrected chi connectivity index (χ2v) is 8.48. The molecule has 9 nitrogen and oxygen atoms in total. The minimum absolute atomic E-state index is 0.0415. The standard InChI is InChI=1S/C24H27ClN4O5/c1-4-16(3)34-20-11-9-19(10-12-20)26-22-27-23(32)29(13-15(2)21(30)31)24(33)28(22)14-17-5-7-18(25)8-6-17/h5-12,15-16H,4,13-14H2,1-3H3,(H,30,31)(H,26,27,32)/t15-,16-/m0/s1. The Kier molecular flexibility index (Phi) is 8.12. The third-order valence-electron chi connectivity index (χ3n) is 5.30. The van der Waals surface area contributed by atoms with E-state index in [2.05, 4.69) is 9.98 Å². The monoisotopic (exact) mass is 486 g/mol. The Hall–Kier alpha value is -3.59. The van der Waals surface area contributed by atoms with Gasteiger partial charge < -0.3 is 9.84 Å². The highest BCUT2D eigenvalue weighted by Gasteiger charge is 2.17. The summed E-state index contributed by atoms with van der Waals surface area (Å²) in [6, 6.07) is 13.9. The molecular weight excluding hydrogens is 460 g/mol. The van der Waals surface area contributed by atoms with Crippen molar-refractivity contribution >= 4 is 23.3 Å². The van der Waals surface area contributed by atoms with Gasteiger partial charge in [-0.25, -0.2) is 19.1 Å². The fourth-order valence-electron chi connectivity index (χ4n) is 3.11. The van der Waals surface area contributed by atoms with Gasteiger partial charge in [-0.2, -0.15) is 0 Å². The van der Waals surface area contributed by atoms with Gasteiger partial charge in [0, 0.05) is 11.6 Å². The van der Waals surface area contributed by atoms with Crippen LogP contribution in [-0.2, 0) is 17.9 Å². The number of carboxylic acid groups (broad SMARTS) is 1. The number of rotatable bonds is 9. The van der Waals surface area contributed by atoms with Crippen molar-refractivity contribution in [1.29, 1.82) is 0 Å². The molecule has 0 aliphatic rings. The molecule has 34 heavy (non-hydrogen) atoms. The summed E-state index contributed by atoms with van der Waals surface area (Å²) in [4.78, 5) is 44.3. The molecule has 0 spiro atoms. The van der Waals surface area contributed by atoms with Crippen LogP contribution in [0.1, 0.15) is 32.8 Å². The van der Waals surface area contributed by atoms with E-state index in [1.807, 2.05) is 13.8 Å². The van der Waals surface area contributed by atoms with Crippen molar-refractivity contribution in [2.75, 3.05) is 0 Å². The maximum absolute atomic E-state index is 13.2. The normalized spacial score (nSPS) is 13.5. The van der Waals surface area contributed by atoms with E-state index in [4.69, 9.17) is 16.3 Å². The van der Waals surface area contributed by atoms with E-state index < -0.39 is 23.3 Å². The minimum Gasteiger partial charge on any atom is -0.491 e. The van der Waals surface area contributed by atoms with E-state index in [1.165, 1.54) is 11.5 Å². The second-order valence-electron chi connectivity index (χ2n) is 8.04. The highest BCUT2D eigenvalue weighted by molar-refractivity contribution is 6.30. The SMILES string of the molecule is CC[C@H](C)Oc1ccc(/N=c2\[nH]c(=O)n(C[C@H](C)C(=O)O)c(=O)n2Cc2ccc(Cl)cc2)cc1. The van der Waals surface area contributed by atoms with Crippen LogP contribution in [0.4, 0.5) is 5.69 Å². The summed E-state index contributed by atoms with van der Waals surface area (Å²) < 4.78 is 7.94. The quantitative estimate of drug-likeness (QED) is 0.481. The van der Waals surface area contributed by atoms with Crippen LogP contribution in [0.3, 0.4) is 0 Å². The lowest BCUT2D eigenvalue weighted by molar-refractivity contribution is -0.141. The van der Waals surface area contributed by atoms with Crippen molar-refractivity contribution in [2.45, 2.75) is 46.4 Å². The van der Waals surface area contributed by atoms with E-state index in [9.17, 15) is 19.5 Å². The number of carbonyl (C=O) groups is 1. The Balaban J connectivity index is 2.09. The summed E-state index contributed by atoms with van der Waals surface area (Å²) in [6.45, 7) is 5.26. The average Bonchev–Trinajstić information content (AvgIpc) is 2.81. The number of halogens is 1. The smallest absolute Gasteiger partial charge is 0.335 e. The summed E-state index contributed by atoms with van der Waals surface area (Å²) in [6.07, 6.45) is 0.941. The number of aromatic amines is 1. The molecule has 0 saturated heterocycles. The summed E-state index contributed by atoms with van der Waals surface area (Å²) in [5, 5.41) is 9.77. The van der Waals surface area contributed by atoms with E-state index in [1.54, 1.807) is 48.5 Å².